The average molecular weight is 380 g/mol. The standard InChI is InChI=1S/C20H24N6O2/c1-12(2)18-21-19(28-23-18)17-11-26(24-22-17)16-7-8-25(10-16)20(27)15-6-5-13(3)14(4)9-15/h5-6,9,11-12,16H,7-8,10H2,1-4H3/t16-/m1/s1. The molecule has 28 heavy (non-hydrogen) atoms. The zero-order valence-electron chi connectivity index (χ0n) is 16.6. The minimum absolute atomic E-state index is 0.0596. The van der Waals surface area contributed by atoms with Gasteiger partial charge in [0.1, 0.15) is 0 Å². The quantitative estimate of drug-likeness (QED) is 0.691. The Balaban J connectivity index is 1.46. The molecule has 0 saturated carbocycles. The third-order valence-electron chi connectivity index (χ3n) is 5.27. The highest BCUT2D eigenvalue weighted by molar-refractivity contribution is 5.94. The second-order valence-electron chi connectivity index (χ2n) is 7.69. The molecule has 0 unspecified atom stereocenters. The van der Waals surface area contributed by atoms with Crippen molar-refractivity contribution in [2.24, 2.45) is 0 Å². The highest BCUT2D eigenvalue weighted by Gasteiger charge is 2.29. The summed E-state index contributed by atoms with van der Waals surface area (Å²) in [6, 6.07) is 5.94. The van der Waals surface area contributed by atoms with Crippen LogP contribution in [0.1, 0.15) is 59.5 Å². The van der Waals surface area contributed by atoms with Gasteiger partial charge in [0, 0.05) is 24.6 Å². The molecule has 4 rings (SSSR count). The van der Waals surface area contributed by atoms with Crippen LogP contribution < -0.4 is 0 Å². The number of rotatable bonds is 4. The largest absolute Gasteiger partial charge is 0.336 e. The van der Waals surface area contributed by atoms with Gasteiger partial charge in [-0.2, -0.15) is 4.98 Å². The fourth-order valence-corrected chi connectivity index (χ4v) is 3.33. The molecule has 1 aliphatic heterocycles. The summed E-state index contributed by atoms with van der Waals surface area (Å²) < 4.78 is 7.08. The highest BCUT2D eigenvalue weighted by atomic mass is 16.5. The summed E-state index contributed by atoms with van der Waals surface area (Å²) in [6.07, 6.45) is 2.65. The Hall–Kier alpha value is -3.03. The first-order chi connectivity index (χ1) is 13.4. The predicted octanol–water partition coefficient (Wildman–Crippen LogP) is 3.16. The number of carbonyl (C=O) groups is 1. The summed E-state index contributed by atoms with van der Waals surface area (Å²) in [5.74, 6) is 1.27. The maximum Gasteiger partial charge on any atom is 0.280 e. The second-order valence-corrected chi connectivity index (χ2v) is 7.69. The van der Waals surface area contributed by atoms with E-state index in [-0.39, 0.29) is 17.9 Å². The first-order valence-electron chi connectivity index (χ1n) is 9.54. The van der Waals surface area contributed by atoms with Gasteiger partial charge in [-0.15, -0.1) is 5.10 Å². The van der Waals surface area contributed by atoms with Gasteiger partial charge in [0.25, 0.3) is 11.8 Å². The van der Waals surface area contributed by atoms with E-state index in [4.69, 9.17) is 4.52 Å². The molecule has 1 amide bonds. The maximum atomic E-state index is 12.8. The molecule has 1 saturated heterocycles. The van der Waals surface area contributed by atoms with Gasteiger partial charge in [-0.1, -0.05) is 30.3 Å². The van der Waals surface area contributed by atoms with Crippen molar-refractivity contribution in [1.82, 2.24) is 30.0 Å². The molecule has 0 aliphatic carbocycles. The van der Waals surface area contributed by atoms with Crippen molar-refractivity contribution in [3.05, 3.63) is 46.9 Å². The molecule has 3 aromatic rings. The molecule has 146 valence electrons. The molecule has 1 atom stereocenters. The van der Waals surface area contributed by atoms with Gasteiger partial charge in [-0.25, -0.2) is 4.68 Å². The number of aryl methyl sites for hydroxylation is 2. The van der Waals surface area contributed by atoms with Gasteiger partial charge in [0.2, 0.25) is 0 Å². The predicted molar refractivity (Wildman–Crippen MR) is 103 cm³/mol. The number of nitrogens with zero attached hydrogens (tertiary/aromatic N) is 6. The van der Waals surface area contributed by atoms with Crippen LogP contribution in [0, 0.1) is 13.8 Å². The van der Waals surface area contributed by atoms with Crippen LogP contribution in [-0.2, 0) is 0 Å². The summed E-state index contributed by atoms with van der Waals surface area (Å²) >= 11 is 0. The second kappa shape index (κ2) is 7.18. The SMILES string of the molecule is Cc1ccc(C(=O)N2CC[C@@H](n3cc(-c4nc(C(C)C)no4)nn3)C2)cc1C. The van der Waals surface area contributed by atoms with E-state index < -0.39 is 0 Å². The number of benzene rings is 1. The van der Waals surface area contributed by atoms with Gasteiger partial charge < -0.3 is 9.42 Å². The van der Waals surface area contributed by atoms with Crippen LogP contribution in [0.15, 0.2) is 28.9 Å². The molecule has 8 nitrogen and oxygen atoms in total. The first-order valence-corrected chi connectivity index (χ1v) is 9.54. The van der Waals surface area contributed by atoms with E-state index in [9.17, 15) is 4.79 Å². The molecular formula is C20H24N6O2. The molecule has 0 bridgehead atoms. The molecule has 1 fully saturated rings. The normalized spacial score (nSPS) is 16.9. The van der Waals surface area contributed by atoms with Gasteiger partial charge in [-0.05, 0) is 43.5 Å². The zero-order valence-corrected chi connectivity index (χ0v) is 16.6. The van der Waals surface area contributed by atoms with Crippen molar-refractivity contribution >= 4 is 5.91 Å². The molecule has 1 aromatic carbocycles. The number of amides is 1. The van der Waals surface area contributed by atoms with Crippen molar-refractivity contribution in [2.75, 3.05) is 13.1 Å². The third-order valence-corrected chi connectivity index (χ3v) is 5.27. The lowest BCUT2D eigenvalue weighted by Crippen LogP contribution is -2.29. The minimum Gasteiger partial charge on any atom is -0.336 e. The molecule has 0 spiro atoms. The van der Waals surface area contributed by atoms with Crippen molar-refractivity contribution in [3.8, 4) is 11.6 Å². The van der Waals surface area contributed by atoms with Gasteiger partial charge >= 0.3 is 0 Å². The van der Waals surface area contributed by atoms with Gasteiger partial charge in [0.15, 0.2) is 11.5 Å². The Morgan fingerprint density at radius 2 is 2.07 bits per heavy atom. The third kappa shape index (κ3) is 3.42. The molecule has 0 radical (unpaired) electrons. The Morgan fingerprint density at radius 3 is 2.79 bits per heavy atom. The van der Waals surface area contributed by atoms with Gasteiger partial charge in [-0.3, -0.25) is 4.79 Å². The monoisotopic (exact) mass is 380 g/mol. The minimum atomic E-state index is 0.0596. The fraction of sp³-hybridized carbons (Fsp3) is 0.450. The van der Waals surface area contributed by atoms with Crippen LogP contribution in [0.5, 0.6) is 0 Å². The number of hydrogen-bond acceptors (Lipinski definition) is 6. The van der Waals surface area contributed by atoms with E-state index in [1.165, 1.54) is 5.56 Å². The van der Waals surface area contributed by atoms with Crippen LogP contribution in [-0.4, -0.2) is 49.0 Å². The maximum absolute atomic E-state index is 12.8. The highest BCUT2D eigenvalue weighted by Crippen LogP contribution is 2.25. The van der Waals surface area contributed by atoms with Crippen molar-refractivity contribution in [2.45, 2.75) is 46.1 Å². The zero-order chi connectivity index (χ0) is 19.8. The molecule has 8 heteroatoms. The van der Waals surface area contributed by atoms with E-state index in [0.29, 0.717) is 30.5 Å². The van der Waals surface area contributed by atoms with Crippen molar-refractivity contribution in [3.63, 3.8) is 0 Å². The molecule has 0 N–H and O–H groups in total. The topological polar surface area (TPSA) is 89.9 Å². The Kier molecular flexibility index (Phi) is 4.70. The van der Waals surface area contributed by atoms with Crippen LogP contribution in [0.4, 0.5) is 0 Å². The Bertz CT molecular complexity index is 1010. The van der Waals surface area contributed by atoms with E-state index in [1.807, 2.05) is 57.0 Å². The molecule has 2 aromatic heterocycles. The van der Waals surface area contributed by atoms with E-state index in [1.54, 1.807) is 4.68 Å². The Labute approximate surface area is 163 Å². The van der Waals surface area contributed by atoms with Crippen molar-refractivity contribution in [1.29, 1.82) is 0 Å². The Morgan fingerprint density at radius 1 is 1.25 bits per heavy atom. The number of carbonyl (C=O) groups excluding carboxylic acids is 1. The summed E-state index contributed by atoms with van der Waals surface area (Å²) in [7, 11) is 0. The van der Waals surface area contributed by atoms with E-state index in [2.05, 4.69) is 20.5 Å². The number of hydrogen-bond donors (Lipinski definition) is 0. The van der Waals surface area contributed by atoms with Crippen LogP contribution in [0.3, 0.4) is 0 Å². The van der Waals surface area contributed by atoms with E-state index >= 15 is 0 Å². The summed E-state index contributed by atoms with van der Waals surface area (Å²) in [4.78, 5) is 19.1. The molecule has 1 aliphatic rings. The van der Waals surface area contributed by atoms with Crippen LogP contribution >= 0.6 is 0 Å². The molecular weight excluding hydrogens is 356 g/mol. The summed E-state index contributed by atoms with van der Waals surface area (Å²) in [5.41, 5.74) is 3.60. The fourth-order valence-electron chi connectivity index (χ4n) is 3.33. The summed E-state index contributed by atoms with van der Waals surface area (Å²) in [6.45, 7) is 9.39. The van der Waals surface area contributed by atoms with Crippen molar-refractivity contribution < 1.29 is 9.32 Å². The van der Waals surface area contributed by atoms with Crippen LogP contribution in [0.25, 0.3) is 11.6 Å². The molecule has 3 heterocycles. The first kappa shape index (κ1) is 18.3. The lowest BCUT2D eigenvalue weighted by Gasteiger charge is -2.17. The van der Waals surface area contributed by atoms with Crippen LogP contribution in [0.2, 0.25) is 0 Å². The van der Waals surface area contributed by atoms with E-state index in [0.717, 1.165) is 17.5 Å². The smallest absolute Gasteiger partial charge is 0.280 e. The van der Waals surface area contributed by atoms with Gasteiger partial charge in [0.05, 0.1) is 12.2 Å². The summed E-state index contributed by atoms with van der Waals surface area (Å²) in [5, 5.41) is 12.4. The number of likely N-dealkylation sites (tertiary alicyclic amines) is 1. The lowest BCUT2D eigenvalue weighted by atomic mass is 10.1. The average Bonchev–Trinajstić information content (AvgIpc) is 3.42. The number of aromatic nitrogens is 5. The lowest BCUT2D eigenvalue weighted by molar-refractivity contribution is 0.0787.